The van der Waals surface area contributed by atoms with Gasteiger partial charge in [0, 0.05) is 30.9 Å². The van der Waals surface area contributed by atoms with Crippen LogP contribution in [0.5, 0.6) is 0 Å². The lowest BCUT2D eigenvalue weighted by Gasteiger charge is -2.27. The van der Waals surface area contributed by atoms with Gasteiger partial charge in [0.1, 0.15) is 0 Å². The first kappa shape index (κ1) is 18.7. The highest BCUT2D eigenvalue weighted by Gasteiger charge is 2.25. The van der Waals surface area contributed by atoms with Crippen LogP contribution in [0.25, 0.3) is 10.9 Å². The summed E-state index contributed by atoms with van der Waals surface area (Å²) in [5, 5.41) is 0.788. The van der Waals surface area contributed by atoms with Crippen LogP contribution in [0, 0.1) is 12.8 Å². The van der Waals surface area contributed by atoms with Gasteiger partial charge in [0.2, 0.25) is 0 Å². The van der Waals surface area contributed by atoms with Crippen molar-refractivity contribution in [3.8, 4) is 0 Å². The fourth-order valence-corrected chi connectivity index (χ4v) is 3.20. The number of ether oxygens (including phenoxy) is 2. The molecule has 3 heterocycles. The molecule has 1 saturated heterocycles. The summed E-state index contributed by atoms with van der Waals surface area (Å²) in [6.07, 6.45) is 2.58. The Morgan fingerprint density at radius 1 is 1.35 bits per heavy atom. The summed E-state index contributed by atoms with van der Waals surface area (Å²) >= 11 is 6.26. The third kappa shape index (κ3) is 3.54. The summed E-state index contributed by atoms with van der Waals surface area (Å²) in [5.74, 6) is 0.0767. The van der Waals surface area contributed by atoms with Crippen LogP contribution in [-0.2, 0) is 9.47 Å². The number of amides is 1. The molecular weight excluding hydrogens is 358 g/mol. The van der Waals surface area contributed by atoms with Crippen LogP contribution in [0.3, 0.4) is 0 Å². The second-order valence-corrected chi connectivity index (χ2v) is 7.10. The van der Waals surface area contributed by atoms with Crippen molar-refractivity contribution >= 4 is 34.5 Å². The normalized spacial score (nSPS) is 14.9. The van der Waals surface area contributed by atoms with Gasteiger partial charge in [-0.3, -0.25) is 4.79 Å². The molecule has 0 unspecified atom stereocenters. The van der Waals surface area contributed by atoms with E-state index in [1.54, 1.807) is 11.1 Å². The van der Waals surface area contributed by atoms with Gasteiger partial charge < -0.3 is 14.4 Å². The molecular formula is C18H22ClN3O4. The average molecular weight is 380 g/mol. The van der Waals surface area contributed by atoms with Crippen LogP contribution < -0.4 is 0 Å². The summed E-state index contributed by atoms with van der Waals surface area (Å²) < 4.78 is 11.9. The van der Waals surface area contributed by atoms with Crippen molar-refractivity contribution < 1.29 is 19.1 Å². The summed E-state index contributed by atoms with van der Waals surface area (Å²) in [6.45, 7) is 8.13. The molecule has 1 fully saturated rings. The maximum absolute atomic E-state index is 12.9. The Kier molecular flexibility index (Phi) is 5.48. The van der Waals surface area contributed by atoms with Crippen molar-refractivity contribution in [3.63, 3.8) is 0 Å². The van der Waals surface area contributed by atoms with E-state index in [-0.39, 0.29) is 17.0 Å². The summed E-state index contributed by atoms with van der Waals surface area (Å²) in [4.78, 5) is 31.2. The number of aryl methyl sites for hydroxylation is 1. The van der Waals surface area contributed by atoms with E-state index >= 15 is 0 Å². The Labute approximate surface area is 156 Å². The summed E-state index contributed by atoms with van der Waals surface area (Å²) in [5.41, 5.74) is 1.60. The monoisotopic (exact) mass is 379 g/mol. The minimum absolute atomic E-state index is 0.140. The molecule has 0 radical (unpaired) electrons. The van der Waals surface area contributed by atoms with Crippen LogP contribution in [0.1, 0.15) is 29.8 Å². The number of nitrogens with zero attached hydrogens (tertiary/aromatic N) is 3. The predicted octanol–water partition coefficient (Wildman–Crippen LogP) is 3.11. The molecule has 26 heavy (non-hydrogen) atoms. The van der Waals surface area contributed by atoms with E-state index in [9.17, 15) is 9.59 Å². The van der Waals surface area contributed by atoms with Crippen LogP contribution in [0.2, 0.25) is 5.15 Å². The van der Waals surface area contributed by atoms with Gasteiger partial charge in [-0.1, -0.05) is 25.4 Å². The fraction of sp³-hybridized carbons (Fsp3) is 0.500. The third-order valence-electron chi connectivity index (χ3n) is 4.23. The first-order valence-corrected chi connectivity index (χ1v) is 8.98. The molecule has 140 valence electrons. The number of morpholine rings is 1. The zero-order chi connectivity index (χ0) is 18.8. The molecule has 0 saturated carbocycles. The molecule has 3 rings (SSSR count). The van der Waals surface area contributed by atoms with E-state index in [0.29, 0.717) is 49.4 Å². The molecule has 2 aromatic rings. The topological polar surface area (TPSA) is 73.7 Å². The molecule has 0 bridgehead atoms. The summed E-state index contributed by atoms with van der Waals surface area (Å²) in [7, 11) is 0. The number of rotatable bonds is 3. The van der Waals surface area contributed by atoms with Crippen molar-refractivity contribution in [2.24, 2.45) is 5.92 Å². The molecule has 1 aliphatic heterocycles. The van der Waals surface area contributed by atoms with E-state index in [1.807, 2.05) is 20.8 Å². The van der Waals surface area contributed by atoms with Crippen LogP contribution in [-0.4, -0.2) is 59.4 Å². The van der Waals surface area contributed by atoms with Gasteiger partial charge >= 0.3 is 6.09 Å². The van der Waals surface area contributed by atoms with Crippen LogP contribution in [0.15, 0.2) is 12.4 Å². The lowest BCUT2D eigenvalue weighted by molar-refractivity contribution is 0.0304. The van der Waals surface area contributed by atoms with Gasteiger partial charge in [0.15, 0.2) is 5.15 Å². The highest BCUT2D eigenvalue weighted by atomic mass is 35.5. The Morgan fingerprint density at radius 2 is 2.04 bits per heavy atom. The third-order valence-corrected chi connectivity index (χ3v) is 4.51. The molecule has 0 N–H and O–H groups in total. The second kappa shape index (κ2) is 7.63. The van der Waals surface area contributed by atoms with E-state index in [2.05, 4.69) is 4.98 Å². The van der Waals surface area contributed by atoms with Gasteiger partial charge in [-0.15, -0.1) is 0 Å². The Hall–Kier alpha value is -2.12. The van der Waals surface area contributed by atoms with Crippen molar-refractivity contribution in [1.82, 2.24) is 14.5 Å². The molecule has 0 atom stereocenters. The number of pyridine rings is 1. The number of carbonyl (C=O) groups excluding carboxylic acids is 2. The van der Waals surface area contributed by atoms with E-state index in [1.165, 1.54) is 10.8 Å². The fourth-order valence-electron chi connectivity index (χ4n) is 2.97. The standard InChI is InChI=1S/C18H22ClN3O4/c1-11(2)10-26-18(24)22-9-12(3)14-13(8-20-16(19)15(14)22)17(23)21-4-6-25-7-5-21/h8-9,11H,4-7,10H2,1-3H3. The van der Waals surface area contributed by atoms with E-state index in [0.717, 1.165) is 5.56 Å². The van der Waals surface area contributed by atoms with Gasteiger partial charge in [0.25, 0.3) is 5.91 Å². The lowest BCUT2D eigenvalue weighted by atomic mass is 10.1. The second-order valence-electron chi connectivity index (χ2n) is 6.74. The first-order chi connectivity index (χ1) is 12.4. The predicted molar refractivity (Wildman–Crippen MR) is 97.8 cm³/mol. The van der Waals surface area contributed by atoms with Crippen LogP contribution >= 0.6 is 11.6 Å². The number of hydrogen-bond donors (Lipinski definition) is 0. The Balaban J connectivity index is 2.03. The number of aromatic nitrogens is 2. The zero-order valence-electron chi connectivity index (χ0n) is 15.1. The number of fused-ring (bicyclic) bond motifs is 1. The van der Waals surface area contributed by atoms with Crippen molar-refractivity contribution in [1.29, 1.82) is 0 Å². The number of hydrogen-bond acceptors (Lipinski definition) is 5. The smallest absolute Gasteiger partial charge is 0.418 e. The molecule has 8 heteroatoms. The minimum atomic E-state index is -0.531. The Bertz CT molecular complexity index is 841. The van der Waals surface area contributed by atoms with Gasteiger partial charge in [-0.25, -0.2) is 14.3 Å². The Morgan fingerprint density at radius 3 is 2.69 bits per heavy atom. The SMILES string of the molecule is Cc1cn(C(=O)OCC(C)C)c2c(Cl)ncc(C(=O)N3CCOCC3)c12. The first-order valence-electron chi connectivity index (χ1n) is 8.60. The molecule has 0 aliphatic carbocycles. The molecule has 7 nitrogen and oxygen atoms in total. The van der Waals surface area contributed by atoms with Crippen molar-refractivity contribution in [2.75, 3.05) is 32.9 Å². The summed E-state index contributed by atoms with van der Waals surface area (Å²) in [6, 6.07) is 0. The van der Waals surface area contributed by atoms with Crippen molar-refractivity contribution in [2.45, 2.75) is 20.8 Å². The largest absolute Gasteiger partial charge is 0.449 e. The molecule has 0 spiro atoms. The number of carbonyl (C=O) groups is 2. The quantitative estimate of drug-likeness (QED) is 0.766. The number of halogens is 1. The van der Waals surface area contributed by atoms with Gasteiger partial charge in [0.05, 0.1) is 30.9 Å². The van der Waals surface area contributed by atoms with Gasteiger partial charge in [-0.05, 0) is 18.4 Å². The van der Waals surface area contributed by atoms with Crippen molar-refractivity contribution in [3.05, 3.63) is 28.7 Å². The lowest BCUT2D eigenvalue weighted by Crippen LogP contribution is -2.40. The molecule has 1 aliphatic rings. The molecule has 0 aromatic carbocycles. The van der Waals surface area contributed by atoms with Gasteiger partial charge in [-0.2, -0.15) is 0 Å². The average Bonchev–Trinajstić information content (AvgIpc) is 2.99. The highest BCUT2D eigenvalue weighted by molar-refractivity contribution is 6.35. The molecule has 1 amide bonds. The molecule has 2 aromatic heterocycles. The van der Waals surface area contributed by atoms with E-state index < -0.39 is 6.09 Å². The van der Waals surface area contributed by atoms with Crippen LogP contribution in [0.4, 0.5) is 4.79 Å². The highest BCUT2D eigenvalue weighted by Crippen LogP contribution is 2.30. The minimum Gasteiger partial charge on any atom is -0.449 e. The maximum Gasteiger partial charge on any atom is 0.418 e. The van der Waals surface area contributed by atoms with E-state index in [4.69, 9.17) is 21.1 Å². The maximum atomic E-state index is 12.9. The zero-order valence-corrected chi connectivity index (χ0v) is 15.9.